The maximum absolute atomic E-state index is 13.0. The second kappa shape index (κ2) is 8.10. The van der Waals surface area contributed by atoms with Crippen molar-refractivity contribution in [3.05, 3.63) is 59.9 Å². The van der Waals surface area contributed by atoms with Crippen LogP contribution in [0.3, 0.4) is 0 Å². The molecule has 1 atom stereocenters. The highest BCUT2D eigenvalue weighted by Gasteiger charge is 2.18. The van der Waals surface area contributed by atoms with Crippen molar-refractivity contribution in [3.63, 3.8) is 0 Å². The Labute approximate surface area is 139 Å². The summed E-state index contributed by atoms with van der Waals surface area (Å²) < 4.78 is 23.4. The minimum atomic E-state index is -0.853. The minimum absolute atomic E-state index is 0.292. The summed E-state index contributed by atoms with van der Waals surface area (Å²) >= 11 is 0. The van der Waals surface area contributed by atoms with Crippen LogP contribution in [0.25, 0.3) is 0 Å². The third-order valence-corrected chi connectivity index (χ3v) is 3.09. The van der Waals surface area contributed by atoms with Crippen LogP contribution in [0.15, 0.2) is 48.5 Å². The molecule has 2 aromatic rings. The number of ether oxygens (including phenoxy) is 2. The summed E-state index contributed by atoms with van der Waals surface area (Å²) in [4.78, 5) is 23.6. The molecule has 0 radical (unpaired) electrons. The lowest BCUT2D eigenvalue weighted by Crippen LogP contribution is -2.29. The molecule has 0 aliphatic rings. The fraction of sp³-hybridized carbons (Fsp3) is 0.222. The van der Waals surface area contributed by atoms with Crippen molar-refractivity contribution >= 4 is 17.6 Å². The first-order chi connectivity index (χ1) is 11.4. The van der Waals surface area contributed by atoms with Gasteiger partial charge >= 0.3 is 5.97 Å². The number of esters is 1. The Morgan fingerprint density at radius 2 is 1.92 bits per heavy atom. The van der Waals surface area contributed by atoms with Gasteiger partial charge in [0.2, 0.25) is 0 Å². The lowest BCUT2D eigenvalue weighted by atomic mass is 10.2. The molecule has 0 saturated heterocycles. The zero-order chi connectivity index (χ0) is 17.5. The molecule has 0 spiro atoms. The van der Waals surface area contributed by atoms with Crippen molar-refractivity contribution < 1.29 is 23.5 Å². The van der Waals surface area contributed by atoms with Crippen LogP contribution in [0.1, 0.15) is 12.5 Å². The van der Waals surface area contributed by atoms with Gasteiger partial charge in [-0.1, -0.05) is 18.2 Å². The van der Waals surface area contributed by atoms with E-state index in [9.17, 15) is 14.0 Å². The molecule has 0 fully saturated rings. The molecule has 1 amide bonds. The van der Waals surface area contributed by atoms with Crippen molar-refractivity contribution in [3.8, 4) is 5.75 Å². The Bertz CT molecular complexity index is 732. The third kappa shape index (κ3) is 5.39. The maximum Gasteiger partial charge on any atom is 0.347 e. The van der Waals surface area contributed by atoms with Crippen molar-refractivity contribution in [1.29, 1.82) is 0 Å². The van der Waals surface area contributed by atoms with Crippen LogP contribution in [-0.2, 0) is 14.3 Å². The van der Waals surface area contributed by atoms with Crippen LogP contribution in [0, 0.1) is 12.7 Å². The van der Waals surface area contributed by atoms with Gasteiger partial charge in [0.1, 0.15) is 11.6 Å². The molecular weight excluding hydrogens is 313 g/mol. The molecule has 0 aromatic heterocycles. The van der Waals surface area contributed by atoms with E-state index in [-0.39, 0.29) is 0 Å². The predicted octanol–water partition coefficient (Wildman–Crippen LogP) is 3.08. The fourth-order valence-corrected chi connectivity index (χ4v) is 1.96. The van der Waals surface area contributed by atoms with E-state index in [1.54, 1.807) is 12.1 Å². The van der Waals surface area contributed by atoms with Gasteiger partial charge in [-0.15, -0.1) is 0 Å². The van der Waals surface area contributed by atoms with E-state index in [2.05, 4.69) is 5.32 Å². The van der Waals surface area contributed by atoms with Crippen LogP contribution in [0.4, 0.5) is 10.1 Å². The first-order valence-corrected chi connectivity index (χ1v) is 7.39. The van der Waals surface area contributed by atoms with Crippen LogP contribution in [0.2, 0.25) is 0 Å². The number of carbonyl (C=O) groups is 2. The number of hydrogen-bond acceptors (Lipinski definition) is 4. The van der Waals surface area contributed by atoms with E-state index < -0.39 is 30.4 Å². The number of hydrogen-bond donors (Lipinski definition) is 1. The highest BCUT2D eigenvalue weighted by Crippen LogP contribution is 2.14. The molecule has 5 nitrogen and oxygen atoms in total. The van der Waals surface area contributed by atoms with Gasteiger partial charge < -0.3 is 14.8 Å². The lowest BCUT2D eigenvalue weighted by Gasteiger charge is -2.14. The summed E-state index contributed by atoms with van der Waals surface area (Å²) in [5.41, 5.74) is 1.29. The van der Waals surface area contributed by atoms with Gasteiger partial charge in [0.05, 0.1) is 0 Å². The molecule has 0 aliphatic heterocycles. The largest absolute Gasteiger partial charge is 0.479 e. The van der Waals surface area contributed by atoms with Gasteiger partial charge in [-0.25, -0.2) is 9.18 Å². The Morgan fingerprint density at radius 3 is 2.62 bits per heavy atom. The van der Waals surface area contributed by atoms with E-state index in [4.69, 9.17) is 9.47 Å². The van der Waals surface area contributed by atoms with E-state index in [1.807, 2.05) is 19.1 Å². The summed E-state index contributed by atoms with van der Waals surface area (Å²) in [7, 11) is 0. The second-order valence-electron chi connectivity index (χ2n) is 5.24. The third-order valence-electron chi connectivity index (χ3n) is 3.09. The van der Waals surface area contributed by atoms with Gasteiger partial charge in [-0.3, -0.25) is 4.79 Å². The fourth-order valence-electron chi connectivity index (χ4n) is 1.96. The van der Waals surface area contributed by atoms with Gasteiger partial charge in [0.25, 0.3) is 5.91 Å². The molecule has 6 heteroatoms. The minimum Gasteiger partial charge on any atom is -0.479 e. The molecule has 126 valence electrons. The van der Waals surface area contributed by atoms with E-state index in [1.165, 1.54) is 31.2 Å². The number of rotatable bonds is 6. The van der Waals surface area contributed by atoms with Crippen molar-refractivity contribution in [2.24, 2.45) is 0 Å². The van der Waals surface area contributed by atoms with Crippen molar-refractivity contribution in [2.75, 3.05) is 11.9 Å². The summed E-state index contributed by atoms with van der Waals surface area (Å²) in [5.74, 6) is -1.14. The molecular formula is C18H18FNO4. The number of halogens is 1. The summed E-state index contributed by atoms with van der Waals surface area (Å²) in [6, 6.07) is 12.7. The first kappa shape index (κ1) is 17.5. The zero-order valence-electron chi connectivity index (χ0n) is 13.4. The number of aryl methyl sites for hydroxylation is 1. The lowest BCUT2D eigenvalue weighted by molar-refractivity contribution is -0.153. The highest BCUT2D eigenvalue weighted by atomic mass is 19.1. The predicted molar refractivity (Wildman–Crippen MR) is 87.3 cm³/mol. The Balaban J connectivity index is 1.80. The topological polar surface area (TPSA) is 64.6 Å². The number of anilines is 1. The first-order valence-electron chi connectivity index (χ1n) is 7.39. The maximum atomic E-state index is 13.0. The van der Waals surface area contributed by atoms with Gasteiger partial charge in [0, 0.05) is 5.69 Å². The van der Waals surface area contributed by atoms with E-state index in [0.29, 0.717) is 11.4 Å². The SMILES string of the molecule is Cc1cccc(O[C@H](C)C(=O)OCC(=O)Nc2cccc(F)c2)c1. The quantitative estimate of drug-likeness (QED) is 0.826. The van der Waals surface area contributed by atoms with Gasteiger partial charge in [-0.05, 0) is 49.7 Å². The molecule has 0 aliphatic carbocycles. The summed E-state index contributed by atoms with van der Waals surface area (Å²) in [5, 5.41) is 2.44. The number of benzene rings is 2. The zero-order valence-corrected chi connectivity index (χ0v) is 13.4. The average Bonchev–Trinajstić information content (AvgIpc) is 2.52. The van der Waals surface area contributed by atoms with Crippen LogP contribution in [0.5, 0.6) is 5.75 Å². The Morgan fingerprint density at radius 1 is 1.17 bits per heavy atom. The number of carbonyl (C=O) groups excluding carboxylic acids is 2. The van der Waals surface area contributed by atoms with Gasteiger partial charge in [-0.2, -0.15) is 0 Å². The average molecular weight is 331 g/mol. The molecule has 24 heavy (non-hydrogen) atoms. The molecule has 0 bridgehead atoms. The molecule has 0 unspecified atom stereocenters. The van der Waals surface area contributed by atoms with Crippen LogP contribution in [-0.4, -0.2) is 24.6 Å². The standard InChI is InChI=1S/C18H18FNO4/c1-12-5-3-8-16(9-12)24-13(2)18(22)23-11-17(21)20-15-7-4-6-14(19)10-15/h3-10,13H,11H2,1-2H3,(H,20,21)/t13-/m1/s1. The molecule has 1 N–H and O–H groups in total. The Hall–Kier alpha value is -2.89. The van der Waals surface area contributed by atoms with Gasteiger partial charge in [0.15, 0.2) is 12.7 Å². The normalized spacial score (nSPS) is 11.5. The van der Waals surface area contributed by atoms with Crippen LogP contribution >= 0.6 is 0 Å². The molecule has 2 aromatic carbocycles. The van der Waals surface area contributed by atoms with E-state index >= 15 is 0 Å². The molecule has 0 heterocycles. The molecule has 2 rings (SSSR count). The van der Waals surface area contributed by atoms with Crippen molar-refractivity contribution in [2.45, 2.75) is 20.0 Å². The van der Waals surface area contributed by atoms with E-state index in [0.717, 1.165) is 5.56 Å². The second-order valence-corrected chi connectivity index (χ2v) is 5.24. The molecule has 0 saturated carbocycles. The summed E-state index contributed by atoms with van der Waals surface area (Å²) in [6.45, 7) is 2.97. The monoisotopic (exact) mass is 331 g/mol. The number of nitrogens with one attached hydrogen (secondary N) is 1. The smallest absolute Gasteiger partial charge is 0.347 e. The van der Waals surface area contributed by atoms with Crippen LogP contribution < -0.4 is 10.1 Å². The number of amides is 1. The van der Waals surface area contributed by atoms with Crippen molar-refractivity contribution in [1.82, 2.24) is 0 Å². The summed E-state index contributed by atoms with van der Waals surface area (Å²) in [6.07, 6.45) is -0.853. The Kier molecular flexibility index (Phi) is 5.89. The highest BCUT2D eigenvalue weighted by molar-refractivity contribution is 5.93.